The zero-order chi connectivity index (χ0) is 21.0. The van der Waals surface area contributed by atoms with Crippen LogP contribution in [0.3, 0.4) is 0 Å². The van der Waals surface area contributed by atoms with E-state index in [4.69, 9.17) is 0 Å². The molecule has 1 atom stereocenters. The second kappa shape index (κ2) is 8.76. The Morgan fingerprint density at radius 2 is 1.80 bits per heavy atom. The Morgan fingerprint density at radius 1 is 1.03 bits per heavy atom. The van der Waals surface area contributed by atoms with E-state index in [2.05, 4.69) is 51.3 Å². The highest BCUT2D eigenvalue weighted by atomic mass is 16.2. The zero-order valence-electron chi connectivity index (χ0n) is 17.7. The van der Waals surface area contributed by atoms with Crippen molar-refractivity contribution in [1.29, 1.82) is 0 Å². The van der Waals surface area contributed by atoms with E-state index >= 15 is 0 Å². The topological polar surface area (TPSA) is 49.3 Å². The lowest BCUT2D eigenvalue weighted by molar-refractivity contribution is -0.138. The molecule has 1 aliphatic rings. The summed E-state index contributed by atoms with van der Waals surface area (Å²) in [4.78, 5) is 26.0. The third-order valence-electron chi connectivity index (χ3n) is 5.94. The maximum Gasteiger partial charge on any atom is 0.229 e. The summed E-state index contributed by atoms with van der Waals surface area (Å²) in [5.74, 6) is 0.206. The van der Waals surface area contributed by atoms with Gasteiger partial charge in [-0.05, 0) is 48.2 Å². The number of rotatable bonds is 6. The van der Waals surface area contributed by atoms with Gasteiger partial charge < -0.3 is 4.90 Å². The van der Waals surface area contributed by atoms with Crippen LogP contribution >= 0.6 is 0 Å². The number of hydrogen-bond donors (Lipinski definition) is 0. The molecule has 0 aliphatic carbocycles. The van der Waals surface area contributed by atoms with Gasteiger partial charge in [-0.15, -0.1) is 0 Å². The van der Waals surface area contributed by atoms with Crippen LogP contribution in [0.2, 0.25) is 0 Å². The van der Waals surface area contributed by atoms with Gasteiger partial charge in [0.1, 0.15) is 0 Å². The van der Waals surface area contributed by atoms with Crippen molar-refractivity contribution in [1.82, 2.24) is 19.8 Å². The number of nitrogens with zero attached hydrogens (tertiary/aromatic N) is 4. The predicted octanol–water partition coefficient (Wildman–Crippen LogP) is 3.67. The van der Waals surface area contributed by atoms with Crippen molar-refractivity contribution in [3.05, 3.63) is 84.4 Å². The first-order valence-corrected chi connectivity index (χ1v) is 10.4. The van der Waals surface area contributed by atoms with E-state index < -0.39 is 5.41 Å². The van der Waals surface area contributed by atoms with Gasteiger partial charge in [-0.25, -0.2) is 0 Å². The third kappa shape index (κ3) is 4.26. The van der Waals surface area contributed by atoms with Crippen LogP contribution in [0.1, 0.15) is 17.5 Å². The molecule has 3 aromatic rings. The fraction of sp³-hybridized carbons (Fsp3) is 0.320. The van der Waals surface area contributed by atoms with E-state index in [9.17, 15) is 4.79 Å². The molecule has 0 bridgehead atoms. The molecule has 0 saturated carbocycles. The number of amides is 1. The van der Waals surface area contributed by atoms with Crippen molar-refractivity contribution in [2.75, 3.05) is 27.2 Å². The Balaban J connectivity index is 1.63. The van der Waals surface area contributed by atoms with Crippen molar-refractivity contribution in [2.45, 2.75) is 19.4 Å². The smallest absolute Gasteiger partial charge is 0.229 e. The number of carbonyl (C=O) groups is 1. The van der Waals surface area contributed by atoms with E-state index in [-0.39, 0.29) is 5.91 Å². The Kier molecular flexibility index (Phi) is 5.91. The molecule has 2 aromatic heterocycles. The van der Waals surface area contributed by atoms with Crippen molar-refractivity contribution >= 4 is 5.91 Å². The molecule has 154 valence electrons. The molecule has 1 aliphatic heterocycles. The van der Waals surface area contributed by atoms with Crippen LogP contribution in [-0.4, -0.2) is 52.9 Å². The summed E-state index contributed by atoms with van der Waals surface area (Å²) < 4.78 is 0. The third-order valence-corrected chi connectivity index (χ3v) is 5.94. The van der Waals surface area contributed by atoms with Gasteiger partial charge >= 0.3 is 0 Å². The lowest BCUT2D eigenvalue weighted by Crippen LogP contribution is -2.44. The average molecular weight is 401 g/mol. The van der Waals surface area contributed by atoms with E-state index in [0.717, 1.165) is 43.6 Å². The summed E-state index contributed by atoms with van der Waals surface area (Å²) >= 11 is 0. The zero-order valence-corrected chi connectivity index (χ0v) is 17.7. The number of carbonyl (C=O) groups excluding carboxylic acids is 1. The molecule has 0 unspecified atom stereocenters. The minimum absolute atomic E-state index is 0.206. The van der Waals surface area contributed by atoms with E-state index in [0.29, 0.717) is 0 Å². The Bertz CT molecular complexity index is 990. The minimum atomic E-state index is -0.427. The molecule has 0 spiro atoms. The monoisotopic (exact) mass is 400 g/mol. The molecule has 1 fully saturated rings. The van der Waals surface area contributed by atoms with Crippen LogP contribution in [0, 0.1) is 5.41 Å². The predicted molar refractivity (Wildman–Crippen MR) is 119 cm³/mol. The molecule has 5 nitrogen and oxygen atoms in total. The van der Waals surface area contributed by atoms with Crippen LogP contribution < -0.4 is 0 Å². The van der Waals surface area contributed by atoms with E-state index in [1.54, 1.807) is 17.3 Å². The number of benzene rings is 1. The molecule has 30 heavy (non-hydrogen) atoms. The molecule has 1 amide bonds. The summed E-state index contributed by atoms with van der Waals surface area (Å²) in [6, 6.07) is 16.5. The first kappa shape index (κ1) is 20.2. The van der Waals surface area contributed by atoms with Crippen LogP contribution in [0.25, 0.3) is 11.1 Å². The van der Waals surface area contributed by atoms with Gasteiger partial charge in [0.15, 0.2) is 0 Å². The van der Waals surface area contributed by atoms with Crippen LogP contribution in [0.15, 0.2) is 73.3 Å². The largest absolute Gasteiger partial charge is 0.348 e. The number of likely N-dealkylation sites (tertiary alicyclic amines) is 1. The fourth-order valence-electron chi connectivity index (χ4n) is 4.55. The standard InChI is InChI=1S/C25H28N4O/c1-28(2)24(30)25(11-14-29(19-25)18-20-7-5-12-26-16-20)15-21-8-3-4-10-23(21)22-9-6-13-27-17-22/h3-10,12-13,16-17H,11,14-15,18-19H2,1-2H3/t25-/m0/s1. The quantitative estimate of drug-likeness (QED) is 0.634. The lowest BCUT2D eigenvalue weighted by Gasteiger charge is -2.32. The SMILES string of the molecule is CN(C)C(=O)[C@]1(Cc2ccccc2-c2cccnc2)CCN(Cc2cccnc2)C1. The molecule has 3 heterocycles. The van der Waals surface area contributed by atoms with Gasteiger partial charge in [0.05, 0.1) is 5.41 Å². The van der Waals surface area contributed by atoms with Gasteiger partial charge in [0, 0.05) is 57.5 Å². The first-order valence-electron chi connectivity index (χ1n) is 10.4. The summed E-state index contributed by atoms with van der Waals surface area (Å²) in [5, 5.41) is 0. The molecule has 4 rings (SSSR count). The molecule has 1 saturated heterocycles. The van der Waals surface area contributed by atoms with E-state index in [1.807, 2.05) is 38.6 Å². The second-order valence-electron chi connectivity index (χ2n) is 8.38. The van der Waals surface area contributed by atoms with Gasteiger partial charge in [-0.1, -0.05) is 36.4 Å². The van der Waals surface area contributed by atoms with Gasteiger partial charge in [0.25, 0.3) is 0 Å². The van der Waals surface area contributed by atoms with Gasteiger partial charge in [-0.3, -0.25) is 19.7 Å². The summed E-state index contributed by atoms with van der Waals surface area (Å²) in [6.45, 7) is 2.48. The maximum atomic E-state index is 13.4. The summed E-state index contributed by atoms with van der Waals surface area (Å²) in [5.41, 5.74) is 4.20. The average Bonchev–Trinajstić information content (AvgIpc) is 3.18. The summed E-state index contributed by atoms with van der Waals surface area (Å²) in [6.07, 6.45) is 8.96. The second-order valence-corrected chi connectivity index (χ2v) is 8.38. The summed E-state index contributed by atoms with van der Waals surface area (Å²) in [7, 11) is 3.72. The molecule has 5 heteroatoms. The molecular formula is C25H28N4O. The minimum Gasteiger partial charge on any atom is -0.348 e. The van der Waals surface area contributed by atoms with Crippen molar-refractivity contribution in [2.24, 2.45) is 5.41 Å². The molecule has 0 N–H and O–H groups in total. The van der Waals surface area contributed by atoms with Crippen molar-refractivity contribution in [3.63, 3.8) is 0 Å². The Hall–Kier alpha value is -3.05. The molecule has 0 radical (unpaired) electrons. The van der Waals surface area contributed by atoms with Crippen LogP contribution in [-0.2, 0) is 17.8 Å². The number of aromatic nitrogens is 2. The number of pyridine rings is 2. The normalized spacial score (nSPS) is 19.0. The number of hydrogen-bond acceptors (Lipinski definition) is 4. The maximum absolute atomic E-state index is 13.4. The van der Waals surface area contributed by atoms with Crippen molar-refractivity contribution in [3.8, 4) is 11.1 Å². The molecular weight excluding hydrogens is 372 g/mol. The van der Waals surface area contributed by atoms with Gasteiger partial charge in [0.2, 0.25) is 5.91 Å². The molecule has 1 aromatic carbocycles. The highest BCUT2D eigenvalue weighted by Crippen LogP contribution is 2.38. The van der Waals surface area contributed by atoms with Gasteiger partial charge in [-0.2, -0.15) is 0 Å². The van der Waals surface area contributed by atoms with Crippen LogP contribution in [0.5, 0.6) is 0 Å². The Morgan fingerprint density at radius 3 is 2.50 bits per heavy atom. The van der Waals surface area contributed by atoms with E-state index in [1.165, 1.54) is 11.1 Å². The lowest BCUT2D eigenvalue weighted by atomic mass is 9.78. The Labute approximate surface area is 178 Å². The first-order chi connectivity index (χ1) is 14.6. The van der Waals surface area contributed by atoms with Crippen molar-refractivity contribution < 1.29 is 4.79 Å². The highest BCUT2D eigenvalue weighted by molar-refractivity contribution is 5.84. The van der Waals surface area contributed by atoms with Crippen LogP contribution in [0.4, 0.5) is 0 Å². The highest BCUT2D eigenvalue weighted by Gasteiger charge is 2.45. The fourth-order valence-corrected chi connectivity index (χ4v) is 4.55.